The number of nitrogens with zero attached hydrogens (tertiary/aromatic N) is 3. The Morgan fingerprint density at radius 3 is 2.89 bits per heavy atom. The molecule has 1 saturated heterocycles. The highest BCUT2D eigenvalue weighted by atomic mass is 16.6. The summed E-state index contributed by atoms with van der Waals surface area (Å²) in [6, 6.07) is 8.06. The molecule has 4 heterocycles. The molecule has 1 aromatic carbocycles. The quantitative estimate of drug-likeness (QED) is 0.534. The van der Waals surface area contributed by atoms with Crippen molar-refractivity contribution in [3.8, 4) is 11.1 Å². The Morgan fingerprint density at radius 2 is 2.11 bits per heavy atom. The minimum absolute atomic E-state index is 0.384. The summed E-state index contributed by atoms with van der Waals surface area (Å²) in [5.74, 6) is 0.710. The SMILES string of the molecule is C[C@@]1(O)[C@H](O)[C@@H](CO)O[C@H]1n1cc2c3c(ncnc31)NCc1ccccc1-2. The van der Waals surface area contributed by atoms with Gasteiger partial charge in [-0.1, -0.05) is 24.3 Å². The van der Waals surface area contributed by atoms with Gasteiger partial charge in [-0.15, -0.1) is 0 Å². The molecule has 5 rings (SSSR count). The van der Waals surface area contributed by atoms with Crippen molar-refractivity contribution in [2.45, 2.75) is 37.5 Å². The van der Waals surface area contributed by atoms with Gasteiger partial charge in [-0.2, -0.15) is 0 Å². The fourth-order valence-electron chi connectivity index (χ4n) is 4.11. The average molecular weight is 368 g/mol. The molecule has 0 unspecified atom stereocenters. The molecule has 3 aromatic rings. The molecule has 0 amide bonds. The minimum Gasteiger partial charge on any atom is -0.394 e. The number of benzene rings is 1. The van der Waals surface area contributed by atoms with E-state index in [9.17, 15) is 15.3 Å². The van der Waals surface area contributed by atoms with Crippen molar-refractivity contribution in [2.24, 2.45) is 0 Å². The Hall–Kier alpha value is -2.52. The van der Waals surface area contributed by atoms with Gasteiger partial charge in [0.15, 0.2) is 6.23 Å². The Bertz CT molecular complexity index is 1030. The van der Waals surface area contributed by atoms with Crippen LogP contribution in [0.1, 0.15) is 18.7 Å². The maximum atomic E-state index is 10.9. The third kappa shape index (κ3) is 2.24. The van der Waals surface area contributed by atoms with E-state index in [-0.39, 0.29) is 6.61 Å². The summed E-state index contributed by atoms with van der Waals surface area (Å²) in [6.45, 7) is 1.77. The van der Waals surface area contributed by atoms with E-state index in [0.29, 0.717) is 18.0 Å². The van der Waals surface area contributed by atoms with Crippen LogP contribution in [-0.4, -0.2) is 54.3 Å². The number of anilines is 1. The number of fused-ring (bicyclic) bond motifs is 2. The maximum absolute atomic E-state index is 10.9. The van der Waals surface area contributed by atoms with Gasteiger partial charge in [-0.3, -0.25) is 0 Å². The second-order valence-corrected chi connectivity index (χ2v) is 7.26. The van der Waals surface area contributed by atoms with E-state index in [4.69, 9.17) is 4.74 Å². The summed E-state index contributed by atoms with van der Waals surface area (Å²) < 4.78 is 7.52. The lowest BCUT2D eigenvalue weighted by atomic mass is 9.96. The largest absolute Gasteiger partial charge is 0.394 e. The number of ether oxygens (including phenoxy) is 1. The highest BCUT2D eigenvalue weighted by molar-refractivity contribution is 6.02. The zero-order valence-corrected chi connectivity index (χ0v) is 14.7. The lowest BCUT2D eigenvalue weighted by molar-refractivity contribution is -0.0948. The molecule has 4 N–H and O–H groups in total. The fourth-order valence-corrected chi connectivity index (χ4v) is 4.11. The van der Waals surface area contributed by atoms with Crippen LogP contribution in [0.3, 0.4) is 0 Å². The Balaban J connectivity index is 1.76. The van der Waals surface area contributed by atoms with Gasteiger partial charge in [0.1, 0.15) is 35.6 Å². The zero-order valence-electron chi connectivity index (χ0n) is 14.7. The zero-order chi connectivity index (χ0) is 18.8. The summed E-state index contributed by atoms with van der Waals surface area (Å²) in [5.41, 5.74) is 2.12. The van der Waals surface area contributed by atoms with Crippen molar-refractivity contribution in [1.29, 1.82) is 0 Å². The highest BCUT2D eigenvalue weighted by Crippen LogP contribution is 2.44. The molecule has 140 valence electrons. The van der Waals surface area contributed by atoms with E-state index in [1.54, 1.807) is 4.57 Å². The van der Waals surface area contributed by atoms with Crippen molar-refractivity contribution < 1.29 is 20.1 Å². The van der Waals surface area contributed by atoms with Crippen molar-refractivity contribution in [3.63, 3.8) is 0 Å². The Morgan fingerprint density at radius 1 is 1.30 bits per heavy atom. The lowest BCUT2D eigenvalue weighted by Gasteiger charge is -2.27. The van der Waals surface area contributed by atoms with Gasteiger partial charge in [-0.25, -0.2) is 9.97 Å². The lowest BCUT2D eigenvalue weighted by Crippen LogP contribution is -2.44. The predicted octanol–water partition coefficient (Wildman–Crippen LogP) is 1.03. The molecule has 0 radical (unpaired) electrons. The molecule has 8 nitrogen and oxygen atoms in total. The molecule has 1 fully saturated rings. The highest BCUT2D eigenvalue weighted by Gasteiger charge is 2.53. The molecule has 2 aliphatic heterocycles. The van der Waals surface area contributed by atoms with Gasteiger partial charge in [0.05, 0.1) is 12.0 Å². The average Bonchev–Trinajstić information content (AvgIpc) is 3.09. The van der Waals surface area contributed by atoms with Crippen molar-refractivity contribution in [2.75, 3.05) is 11.9 Å². The summed E-state index contributed by atoms with van der Waals surface area (Å²) in [6.07, 6.45) is 0.360. The topological polar surface area (TPSA) is 113 Å². The standard InChI is InChI=1S/C19H20N4O4/c1-19(26)15(25)13(8-24)27-18(19)23-7-12-11-5-3-2-4-10(11)6-20-16-14(12)17(23)22-9-21-16/h2-5,7,9,13,15,18,24-26H,6,8H2,1H3,(H,20,21,22)/t13-,15-,18-,19-/m1/s1. The third-order valence-electron chi connectivity index (χ3n) is 5.55. The summed E-state index contributed by atoms with van der Waals surface area (Å²) in [5, 5.41) is 34.9. The van der Waals surface area contributed by atoms with Crippen LogP contribution in [0, 0.1) is 0 Å². The second-order valence-electron chi connectivity index (χ2n) is 7.26. The van der Waals surface area contributed by atoms with Crippen LogP contribution in [0.5, 0.6) is 0 Å². The van der Waals surface area contributed by atoms with E-state index in [2.05, 4.69) is 21.4 Å². The summed E-state index contributed by atoms with van der Waals surface area (Å²) >= 11 is 0. The molecule has 2 aliphatic rings. The first-order chi connectivity index (χ1) is 13.0. The molecule has 0 aliphatic carbocycles. The molecular weight excluding hydrogens is 348 g/mol. The Labute approximate surface area is 155 Å². The molecular formula is C19H20N4O4. The predicted molar refractivity (Wildman–Crippen MR) is 97.9 cm³/mol. The molecule has 4 atom stereocenters. The van der Waals surface area contributed by atoms with Crippen LogP contribution >= 0.6 is 0 Å². The number of aromatic nitrogens is 3. The molecule has 27 heavy (non-hydrogen) atoms. The van der Waals surface area contributed by atoms with E-state index in [0.717, 1.165) is 22.1 Å². The Kier molecular flexibility index (Phi) is 3.54. The van der Waals surface area contributed by atoms with Gasteiger partial charge < -0.3 is 29.9 Å². The molecule has 0 bridgehead atoms. The number of aliphatic hydroxyl groups is 3. The van der Waals surface area contributed by atoms with Gasteiger partial charge in [0, 0.05) is 18.3 Å². The normalized spacial score (nSPS) is 29.4. The first kappa shape index (κ1) is 16.6. The van der Waals surface area contributed by atoms with E-state index >= 15 is 0 Å². The fraction of sp³-hybridized carbons (Fsp3) is 0.368. The van der Waals surface area contributed by atoms with Gasteiger partial charge >= 0.3 is 0 Å². The first-order valence-corrected chi connectivity index (χ1v) is 8.87. The van der Waals surface area contributed by atoms with Crippen LogP contribution in [0.15, 0.2) is 36.8 Å². The first-order valence-electron chi connectivity index (χ1n) is 8.87. The summed E-state index contributed by atoms with van der Waals surface area (Å²) in [4.78, 5) is 8.80. The number of hydrogen-bond acceptors (Lipinski definition) is 7. The van der Waals surface area contributed by atoms with Crippen LogP contribution in [-0.2, 0) is 11.3 Å². The number of rotatable bonds is 2. The minimum atomic E-state index is -1.58. The third-order valence-corrected chi connectivity index (χ3v) is 5.55. The van der Waals surface area contributed by atoms with Crippen LogP contribution in [0.2, 0.25) is 0 Å². The van der Waals surface area contributed by atoms with Crippen LogP contribution in [0.4, 0.5) is 5.82 Å². The van der Waals surface area contributed by atoms with Gasteiger partial charge in [0.2, 0.25) is 0 Å². The molecule has 0 saturated carbocycles. The van der Waals surface area contributed by atoms with E-state index < -0.39 is 24.0 Å². The monoisotopic (exact) mass is 368 g/mol. The van der Waals surface area contributed by atoms with Crippen molar-refractivity contribution in [3.05, 3.63) is 42.4 Å². The molecule has 8 heteroatoms. The molecule has 0 spiro atoms. The second kappa shape index (κ2) is 5.74. The summed E-state index contributed by atoms with van der Waals surface area (Å²) in [7, 11) is 0. The number of nitrogens with one attached hydrogen (secondary N) is 1. The van der Waals surface area contributed by atoms with E-state index in [1.807, 2.05) is 24.4 Å². The van der Waals surface area contributed by atoms with Gasteiger partial charge in [-0.05, 0) is 18.1 Å². The van der Waals surface area contributed by atoms with Crippen LogP contribution < -0.4 is 5.32 Å². The van der Waals surface area contributed by atoms with Gasteiger partial charge in [0.25, 0.3) is 0 Å². The van der Waals surface area contributed by atoms with Crippen molar-refractivity contribution in [1.82, 2.24) is 14.5 Å². The van der Waals surface area contributed by atoms with E-state index in [1.165, 1.54) is 13.3 Å². The van der Waals surface area contributed by atoms with Crippen molar-refractivity contribution >= 4 is 16.9 Å². The number of hydrogen-bond donors (Lipinski definition) is 4. The molecule has 2 aromatic heterocycles. The smallest absolute Gasteiger partial charge is 0.167 e. The maximum Gasteiger partial charge on any atom is 0.167 e. The number of aliphatic hydroxyl groups excluding tert-OH is 2. The van der Waals surface area contributed by atoms with Crippen LogP contribution in [0.25, 0.3) is 22.2 Å².